The molecule has 1 unspecified atom stereocenters. The molecular weight excluding hydrogens is 256 g/mol. The smallest absolute Gasteiger partial charge is 0.0418 e. The molecule has 2 N–H and O–H groups in total. The van der Waals surface area contributed by atoms with E-state index in [2.05, 4.69) is 66.1 Å². The van der Waals surface area contributed by atoms with Crippen molar-refractivity contribution in [1.82, 2.24) is 5.32 Å². The van der Waals surface area contributed by atoms with Crippen molar-refractivity contribution in [2.45, 2.75) is 38.8 Å². The van der Waals surface area contributed by atoms with E-state index in [1.807, 2.05) is 0 Å². The van der Waals surface area contributed by atoms with Gasteiger partial charge in [0.1, 0.15) is 0 Å². The van der Waals surface area contributed by atoms with Gasteiger partial charge in [0.2, 0.25) is 0 Å². The van der Waals surface area contributed by atoms with Gasteiger partial charge in [-0.05, 0) is 42.9 Å². The fourth-order valence-corrected chi connectivity index (χ4v) is 3.05. The second kappa shape index (κ2) is 6.77. The van der Waals surface area contributed by atoms with E-state index in [4.69, 9.17) is 0 Å². The molecule has 0 saturated heterocycles. The van der Waals surface area contributed by atoms with Gasteiger partial charge in [-0.25, -0.2) is 0 Å². The highest BCUT2D eigenvalue weighted by Crippen LogP contribution is 2.25. The maximum Gasteiger partial charge on any atom is 0.0418 e. The van der Waals surface area contributed by atoms with Gasteiger partial charge < -0.3 is 10.6 Å². The van der Waals surface area contributed by atoms with Gasteiger partial charge in [0.25, 0.3) is 0 Å². The van der Waals surface area contributed by atoms with Crippen LogP contribution in [-0.4, -0.2) is 12.6 Å². The Bertz CT molecular complexity index is 577. The van der Waals surface area contributed by atoms with Gasteiger partial charge in [-0.2, -0.15) is 0 Å². The van der Waals surface area contributed by atoms with Gasteiger partial charge in [0, 0.05) is 24.8 Å². The molecule has 21 heavy (non-hydrogen) atoms. The molecule has 1 aliphatic rings. The summed E-state index contributed by atoms with van der Waals surface area (Å²) in [5, 5.41) is 7.22. The van der Waals surface area contributed by atoms with E-state index in [1.54, 1.807) is 0 Å². The molecule has 1 atom stereocenters. The summed E-state index contributed by atoms with van der Waals surface area (Å²) in [4.78, 5) is 0. The number of hydrogen-bond donors (Lipinski definition) is 2. The first-order valence-corrected chi connectivity index (χ1v) is 7.95. The minimum atomic E-state index is 0.479. The minimum Gasteiger partial charge on any atom is -0.385 e. The topological polar surface area (TPSA) is 24.1 Å². The highest BCUT2D eigenvalue weighted by molar-refractivity contribution is 5.59. The molecule has 0 amide bonds. The monoisotopic (exact) mass is 280 g/mol. The van der Waals surface area contributed by atoms with Crippen LogP contribution in [0.4, 0.5) is 5.69 Å². The first kappa shape index (κ1) is 14.2. The highest BCUT2D eigenvalue weighted by atomic mass is 14.9. The number of anilines is 1. The molecule has 0 aliphatic carbocycles. The third-order valence-electron chi connectivity index (χ3n) is 4.19. The molecule has 0 radical (unpaired) electrons. The fraction of sp³-hybridized carbons (Fsp3) is 0.368. The molecule has 0 aromatic heterocycles. The van der Waals surface area contributed by atoms with Crippen LogP contribution in [0, 0.1) is 0 Å². The van der Waals surface area contributed by atoms with E-state index in [1.165, 1.54) is 35.2 Å². The lowest BCUT2D eigenvalue weighted by Crippen LogP contribution is -2.28. The number of para-hydroxylation sites is 1. The third kappa shape index (κ3) is 3.64. The van der Waals surface area contributed by atoms with Gasteiger partial charge >= 0.3 is 0 Å². The van der Waals surface area contributed by atoms with Crippen LogP contribution in [0.1, 0.15) is 30.0 Å². The number of aryl methyl sites for hydroxylation is 1. The Labute approximate surface area is 127 Å². The summed E-state index contributed by atoms with van der Waals surface area (Å²) in [7, 11) is 0. The van der Waals surface area contributed by atoms with Gasteiger partial charge in [-0.3, -0.25) is 0 Å². The Morgan fingerprint density at radius 2 is 1.95 bits per heavy atom. The SMILES string of the molecule is CC(Cc1ccccc1)NCc1cccc2c1NCCC2. The lowest BCUT2D eigenvalue weighted by molar-refractivity contribution is 0.545. The zero-order valence-electron chi connectivity index (χ0n) is 12.7. The molecule has 3 rings (SSSR count). The second-order valence-electron chi connectivity index (χ2n) is 5.95. The molecule has 1 aliphatic heterocycles. The Hall–Kier alpha value is -1.80. The van der Waals surface area contributed by atoms with Crippen molar-refractivity contribution in [2.24, 2.45) is 0 Å². The van der Waals surface area contributed by atoms with Crippen LogP contribution < -0.4 is 10.6 Å². The van der Waals surface area contributed by atoms with Crippen LogP contribution in [0.15, 0.2) is 48.5 Å². The average Bonchev–Trinajstić information content (AvgIpc) is 2.54. The Balaban J connectivity index is 1.60. The summed E-state index contributed by atoms with van der Waals surface area (Å²) in [6.45, 7) is 4.30. The Morgan fingerprint density at radius 1 is 1.10 bits per heavy atom. The molecule has 0 spiro atoms. The maximum atomic E-state index is 3.66. The Kier molecular flexibility index (Phi) is 4.56. The number of rotatable bonds is 5. The molecular formula is C19H24N2. The van der Waals surface area contributed by atoms with Crippen molar-refractivity contribution in [1.29, 1.82) is 0 Å². The lowest BCUT2D eigenvalue weighted by Gasteiger charge is -2.22. The highest BCUT2D eigenvalue weighted by Gasteiger charge is 2.12. The minimum absolute atomic E-state index is 0.479. The lowest BCUT2D eigenvalue weighted by atomic mass is 9.99. The van der Waals surface area contributed by atoms with E-state index in [9.17, 15) is 0 Å². The largest absolute Gasteiger partial charge is 0.385 e. The number of nitrogens with one attached hydrogen (secondary N) is 2. The van der Waals surface area contributed by atoms with E-state index in [-0.39, 0.29) is 0 Å². The molecule has 2 heteroatoms. The predicted molar refractivity (Wildman–Crippen MR) is 89.7 cm³/mol. The summed E-state index contributed by atoms with van der Waals surface area (Å²) in [5.74, 6) is 0. The molecule has 2 nitrogen and oxygen atoms in total. The van der Waals surface area contributed by atoms with Crippen molar-refractivity contribution < 1.29 is 0 Å². The second-order valence-corrected chi connectivity index (χ2v) is 5.95. The van der Waals surface area contributed by atoms with Crippen molar-refractivity contribution >= 4 is 5.69 Å². The normalized spacial score (nSPS) is 15.1. The van der Waals surface area contributed by atoms with E-state index in [0.717, 1.165) is 19.5 Å². The quantitative estimate of drug-likeness (QED) is 0.871. The molecule has 0 fully saturated rings. The maximum absolute atomic E-state index is 3.66. The summed E-state index contributed by atoms with van der Waals surface area (Å²) in [6, 6.07) is 17.8. The zero-order chi connectivity index (χ0) is 14.5. The van der Waals surface area contributed by atoms with Crippen molar-refractivity contribution in [3.05, 3.63) is 65.2 Å². The fourth-order valence-electron chi connectivity index (χ4n) is 3.05. The third-order valence-corrected chi connectivity index (χ3v) is 4.19. The number of fused-ring (bicyclic) bond motifs is 1. The molecule has 110 valence electrons. The van der Waals surface area contributed by atoms with Crippen LogP contribution in [0.2, 0.25) is 0 Å². The first-order valence-electron chi connectivity index (χ1n) is 7.95. The average molecular weight is 280 g/mol. The van der Waals surface area contributed by atoms with E-state index in [0.29, 0.717) is 6.04 Å². The van der Waals surface area contributed by atoms with Crippen molar-refractivity contribution in [3.63, 3.8) is 0 Å². The van der Waals surface area contributed by atoms with Crippen molar-refractivity contribution in [3.8, 4) is 0 Å². The number of hydrogen-bond acceptors (Lipinski definition) is 2. The Morgan fingerprint density at radius 3 is 2.81 bits per heavy atom. The molecule has 0 bridgehead atoms. The standard InChI is InChI=1S/C19H24N2/c1-15(13-16-7-3-2-4-8-16)21-14-18-10-5-9-17-11-6-12-20-19(17)18/h2-5,7-10,15,20-21H,6,11-14H2,1H3. The van der Waals surface area contributed by atoms with Crippen LogP contribution >= 0.6 is 0 Å². The summed E-state index contributed by atoms with van der Waals surface area (Å²) in [5.41, 5.74) is 5.62. The molecule has 1 heterocycles. The number of benzene rings is 2. The van der Waals surface area contributed by atoms with Crippen molar-refractivity contribution in [2.75, 3.05) is 11.9 Å². The summed E-state index contributed by atoms with van der Waals surface area (Å²) >= 11 is 0. The molecule has 0 saturated carbocycles. The molecule has 2 aromatic rings. The van der Waals surface area contributed by atoms with Gasteiger partial charge in [0.05, 0.1) is 0 Å². The summed E-state index contributed by atoms with van der Waals surface area (Å²) < 4.78 is 0. The van der Waals surface area contributed by atoms with Gasteiger partial charge in [-0.15, -0.1) is 0 Å². The van der Waals surface area contributed by atoms with Crippen LogP contribution in [0.25, 0.3) is 0 Å². The first-order chi connectivity index (χ1) is 10.3. The molecule has 2 aromatic carbocycles. The van der Waals surface area contributed by atoms with Crippen LogP contribution in [0.3, 0.4) is 0 Å². The van der Waals surface area contributed by atoms with E-state index < -0.39 is 0 Å². The van der Waals surface area contributed by atoms with Crippen LogP contribution in [-0.2, 0) is 19.4 Å². The zero-order valence-corrected chi connectivity index (χ0v) is 12.7. The van der Waals surface area contributed by atoms with Gasteiger partial charge in [0.15, 0.2) is 0 Å². The predicted octanol–water partition coefficient (Wildman–Crippen LogP) is 3.77. The van der Waals surface area contributed by atoms with Crippen LogP contribution in [0.5, 0.6) is 0 Å². The van der Waals surface area contributed by atoms with Gasteiger partial charge in [-0.1, -0.05) is 48.5 Å². The summed E-state index contributed by atoms with van der Waals surface area (Å²) in [6.07, 6.45) is 3.52. The van der Waals surface area contributed by atoms with E-state index >= 15 is 0 Å².